The number of benzene rings is 2. The molecule has 0 aliphatic carbocycles. The molecule has 0 amide bonds. The number of fused-ring (bicyclic) bond motifs is 3. The van der Waals surface area contributed by atoms with Crippen LogP contribution in [-0.2, 0) is 6.54 Å². The fourth-order valence-corrected chi connectivity index (χ4v) is 3.01. The smallest absolute Gasteiger partial charge is 0.119 e. The van der Waals surface area contributed by atoms with Gasteiger partial charge in [0.05, 0.1) is 7.11 Å². The van der Waals surface area contributed by atoms with Gasteiger partial charge in [0.15, 0.2) is 0 Å². The van der Waals surface area contributed by atoms with Crippen LogP contribution in [0.1, 0.15) is 13.3 Å². The van der Waals surface area contributed by atoms with E-state index in [2.05, 4.69) is 57.8 Å². The number of hydrogen-bond acceptors (Lipinski definition) is 1. The van der Waals surface area contributed by atoms with Crippen molar-refractivity contribution < 1.29 is 4.74 Å². The lowest BCUT2D eigenvalue weighted by molar-refractivity contribution is 0.415. The van der Waals surface area contributed by atoms with Crippen molar-refractivity contribution in [1.29, 1.82) is 0 Å². The second-order valence-corrected chi connectivity index (χ2v) is 5.61. The molecule has 2 aromatic carbocycles. The molecule has 2 nitrogen and oxygen atoms in total. The Morgan fingerprint density at radius 2 is 1.74 bits per heavy atom. The van der Waals surface area contributed by atoms with Gasteiger partial charge in [-0.05, 0) is 42.8 Å². The van der Waals surface area contributed by atoms with Gasteiger partial charge in [-0.3, -0.25) is 0 Å². The van der Waals surface area contributed by atoms with E-state index in [1.807, 2.05) is 6.07 Å². The van der Waals surface area contributed by atoms with Gasteiger partial charge in [0, 0.05) is 32.8 Å². The monoisotopic (exact) mass is 317 g/mol. The fourth-order valence-electron chi connectivity index (χ4n) is 2.65. The lowest BCUT2D eigenvalue weighted by Gasteiger charge is -2.05. The molecule has 3 rings (SSSR count). The zero-order chi connectivity index (χ0) is 13.4. The fraction of sp³-hybridized carbons (Fsp3) is 0.250. The van der Waals surface area contributed by atoms with Crippen molar-refractivity contribution in [1.82, 2.24) is 4.57 Å². The third-order valence-corrected chi connectivity index (χ3v) is 3.97. The predicted molar refractivity (Wildman–Crippen MR) is 84.0 cm³/mol. The summed E-state index contributed by atoms with van der Waals surface area (Å²) in [6, 6.07) is 12.8. The molecule has 0 aliphatic heterocycles. The van der Waals surface area contributed by atoms with Crippen LogP contribution >= 0.6 is 15.9 Å². The van der Waals surface area contributed by atoms with Gasteiger partial charge >= 0.3 is 0 Å². The van der Waals surface area contributed by atoms with Crippen molar-refractivity contribution in [3.05, 3.63) is 40.9 Å². The summed E-state index contributed by atoms with van der Waals surface area (Å²) >= 11 is 3.56. The van der Waals surface area contributed by atoms with E-state index in [9.17, 15) is 0 Å². The van der Waals surface area contributed by atoms with Gasteiger partial charge in [-0.1, -0.05) is 22.9 Å². The number of ether oxygens (including phenoxy) is 1. The van der Waals surface area contributed by atoms with Gasteiger partial charge in [0.1, 0.15) is 5.75 Å². The molecule has 0 N–H and O–H groups in total. The van der Waals surface area contributed by atoms with Gasteiger partial charge in [0.25, 0.3) is 0 Å². The first-order valence-corrected chi connectivity index (χ1v) is 7.29. The molecule has 3 heteroatoms. The second-order valence-electron chi connectivity index (χ2n) is 4.70. The van der Waals surface area contributed by atoms with Gasteiger partial charge in [-0.15, -0.1) is 0 Å². The van der Waals surface area contributed by atoms with E-state index in [1.54, 1.807) is 7.11 Å². The highest BCUT2D eigenvalue weighted by Crippen LogP contribution is 2.33. The number of hydrogen-bond donors (Lipinski definition) is 0. The van der Waals surface area contributed by atoms with Crippen LogP contribution < -0.4 is 4.74 Å². The number of aromatic nitrogens is 1. The molecule has 0 radical (unpaired) electrons. The Labute approximate surface area is 121 Å². The molecule has 0 aliphatic rings. The maximum Gasteiger partial charge on any atom is 0.119 e. The molecule has 0 saturated heterocycles. The number of nitrogens with zero attached hydrogens (tertiary/aromatic N) is 1. The van der Waals surface area contributed by atoms with Crippen LogP contribution in [0.5, 0.6) is 5.75 Å². The zero-order valence-corrected chi connectivity index (χ0v) is 12.7. The molecule has 0 bridgehead atoms. The van der Waals surface area contributed by atoms with Crippen LogP contribution in [0.25, 0.3) is 21.8 Å². The van der Waals surface area contributed by atoms with Crippen molar-refractivity contribution in [3.8, 4) is 5.75 Å². The Hall–Kier alpha value is -1.48. The predicted octanol–water partition coefficient (Wildman–Crippen LogP) is 4.98. The van der Waals surface area contributed by atoms with E-state index in [4.69, 9.17) is 4.74 Å². The Bertz CT molecular complexity index is 745. The maximum absolute atomic E-state index is 5.35. The van der Waals surface area contributed by atoms with E-state index in [0.717, 1.165) is 23.2 Å². The lowest BCUT2D eigenvalue weighted by Crippen LogP contribution is -1.95. The van der Waals surface area contributed by atoms with Crippen LogP contribution in [0.2, 0.25) is 0 Å². The molecule has 19 heavy (non-hydrogen) atoms. The first-order valence-electron chi connectivity index (χ1n) is 6.50. The molecule has 0 saturated carbocycles. The first kappa shape index (κ1) is 12.5. The summed E-state index contributed by atoms with van der Waals surface area (Å²) in [6.45, 7) is 3.24. The molecular weight excluding hydrogens is 302 g/mol. The van der Waals surface area contributed by atoms with Crippen molar-refractivity contribution >= 4 is 37.7 Å². The topological polar surface area (TPSA) is 14.2 Å². The normalized spacial score (nSPS) is 11.3. The van der Waals surface area contributed by atoms with Crippen LogP contribution in [0.4, 0.5) is 0 Å². The second kappa shape index (κ2) is 4.89. The van der Waals surface area contributed by atoms with Crippen LogP contribution in [-0.4, -0.2) is 11.7 Å². The molecule has 0 unspecified atom stereocenters. The van der Waals surface area contributed by atoms with E-state index >= 15 is 0 Å². The average molecular weight is 318 g/mol. The molecular formula is C16H16BrNO. The molecule has 1 heterocycles. The van der Waals surface area contributed by atoms with Crippen molar-refractivity contribution in [2.45, 2.75) is 19.9 Å². The Morgan fingerprint density at radius 3 is 2.42 bits per heavy atom. The van der Waals surface area contributed by atoms with E-state index in [1.165, 1.54) is 21.8 Å². The van der Waals surface area contributed by atoms with Crippen molar-refractivity contribution in [2.75, 3.05) is 7.11 Å². The maximum atomic E-state index is 5.35. The van der Waals surface area contributed by atoms with E-state index in [0.29, 0.717) is 0 Å². The third-order valence-electron chi connectivity index (χ3n) is 3.48. The third kappa shape index (κ3) is 2.02. The Kier molecular flexibility index (Phi) is 3.23. The highest BCUT2D eigenvalue weighted by atomic mass is 79.9. The van der Waals surface area contributed by atoms with E-state index < -0.39 is 0 Å². The summed E-state index contributed by atoms with van der Waals surface area (Å²) in [5.74, 6) is 0.906. The molecule has 0 spiro atoms. The molecule has 0 atom stereocenters. The minimum absolute atomic E-state index is 0.906. The Morgan fingerprint density at radius 1 is 1.05 bits per heavy atom. The van der Waals surface area contributed by atoms with Crippen LogP contribution in [0, 0.1) is 0 Å². The number of rotatable bonds is 3. The van der Waals surface area contributed by atoms with Gasteiger partial charge < -0.3 is 9.30 Å². The van der Waals surface area contributed by atoms with Gasteiger partial charge in [-0.2, -0.15) is 0 Å². The number of methoxy groups -OCH3 is 1. The number of halogens is 1. The summed E-state index contributed by atoms with van der Waals surface area (Å²) in [6.07, 6.45) is 1.13. The van der Waals surface area contributed by atoms with Crippen LogP contribution in [0.15, 0.2) is 40.9 Å². The molecule has 98 valence electrons. The van der Waals surface area contributed by atoms with E-state index in [-0.39, 0.29) is 0 Å². The lowest BCUT2D eigenvalue weighted by atomic mass is 10.1. The standard InChI is InChI=1S/C16H16BrNO/c1-3-8-18-15-6-4-11(17)9-13(15)14-10-12(19-2)5-7-16(14)18/h4-7,9-10H,3,8H2,1-2H3. The highest BCUT2D eigenvalue weighted by Gasteiger charge is 2.11. The summed E-state index contributed by atoms with van der Waals surface area (Å²) in [7, 11) is 1.71. The summed E-state index contributed by atoms with van der Waals surface area (Å²) in [4.78, 5) is 0. The van der Waals surface area contributed by atoms with Crippen LogP contribution in [0.3, 0.4) is 0 Å². The minimum atomic E-state index is 0.906. The Balaban J connectivity index is 2.42. The first-order chi connectivity index (χ1) is 9.24. The van der Waals surface area contributed by atoms with Gasteiger partial charge in [-0.25, -0.2) is 0 Å². The summed E-state index contributed by atoms with van der Waals surface area (Å²) < 4.78 is 8.84. The zero-order valence-electron chi connectivity index (χ0n) is 11.1. The quantitative estimate of drug-likeness (QED) is 0.664. The van der Waals surface area contributed by atoms with Crippen molar-refractivity contribution in [3.63, 3.8) is 0 Å². The molecule has 3 aromatic rings. The summed E-state index contributed by atoms with van der Waals surface area (Å²) in [5.41, 5.74) is 2.56. The average Bonchev–Trinajstić information content (AvgIpc) is 2.73. The SMILES string of the molecule is CCCn1c2ccc(Br)cc2c2cc(OC)ccc21. The highest BCUT2D eigenvalue weighted by molar-refractivity contribution is 9.10. The van der Waals surface area contributed by atoms with Gasteiger partial charge in [0.2, 0.25) is 0 Å². The molecule has 0 fully saturated rings. The minimum Gasteiger partial charge on any atom is -0.497 e. The molecule has 1 aromatic heterocycles. The largest absolute Gasteiger partial charge is 0.497 e. The summed E-state index contributed by atoms with van der Waals surface area (Å²) in [5, 5.41) is 2.53. The van der Waals surface area contributed by atoms with Crippen molar-refractivity contribution in [2.24, 2.45) is 0 Å². The number of aryl methyl sites for hydroxylation is 1.